The zero-order valence-corrected chi connectivity index (χ0v) is 20.5. The molecule has 0 bridgehead atoms. The van der Waals surface area contributed by atoms with Crippen molar-refractivity contribution < 1.29 is 34.0 Å². The number of nitrogens with zero attached hydrogens (tertiary/aromatic N) is 1. The van der Waals surface area contributed by atoms with E-state index in [1.165, 1.54) is 12.1 Å². The molecule has 1 heterocycles. The Labute approximate surface area is 212 Å². The summed E-state index contributed by atoms with van der Waals surface area (Å²) < 4.78 is 0. The molecule has 1 aliphatic rings. The van der Waals surface area contributed by atoms with Gasteiger partial charge in [0.05, 0.1) is 10.5 Å². The second-order valence-electron chi connectivity index (χ2n) is 8.68. The quantitative estimate of drug-likeness (QED) is 0.150. The van der Waals surface area contributed by atoms with Crippen molar-refractivity contribution in [2.45, 2.75) is 70.0 Å². The molecule has 0 saturated carbocycles. The number of amides is 4. The van der Waals surface area contributed by atoms with E-state index >= 15 is 0 Å². The monoisotopic (exact) mass is 520 g/mol. The maximum absolute atomic E-state index is 13.1. The van der Waals surface area contributed by atoms with E-state index in [2.05, 4.69) is 21.3 Å². The first-order valence-electron chi connectivity index (χ1n) is 12.0. The van der Waals surface area contributed by atoms with Crippen LogP contribution in [0, 0.1) is 10.1 Å². The minimum absolute atomic E-state index is 0.0377. The molecule has 14 heteroatoms. The molecule has 14 nitrogen and oxygen atoms in total. The molecule has 0 spiro atoms. The van der Waals surface area contributed by atoms with Gasteiger partial charge in [-0.05, 0) is 25.3 Å². The fourth-order valence-corrected chi connectivity index (χ4v) is 3.81. The average molecular weight is 521 g/mol. The van der Waals surface area contributed by atoms with Crippen LogP contribution in [0.4, 0.5) is 11.4 Å². The van der Waals surface area contributed by atoms with E-state index in [9.17, 15) is 34.1 Å². The lowest BCUT2D eigenvalue weighted by atomic mass is 10.0. The number of primary amides is 1. The van der Waals surface area contributed by atoms with E-state index in [0.29, 0.717) is 6.42 Å². The van der Waals surface area contributed by atoms with Crippen molar-refractivity contribution in [2.75, 3.05) is 11.9 Å². The summed E-state index contributed by atoms with van der Waals surface area (Å²) in [5, 5.41) is 30.8. The van der Waals surface area contributed by atoms with Crippen LogP contribution in [0.5, 0.6) is 0 Å². The zero-order chi connectivity index (χ0) is 27.5. The number of hydrogen-bond donors (Lipinski definition) is 6. The highest BCUT2D eigenvalue weighted by molar-refractivity contribution is 6.03. The minimum Gasteiger partial charge on any atom is -0.481 e. The Kier molecular flexibility index (Phi) is 10.8. The molecule has 0 saturated heterocycles. The Morgan fingerprint density at radius 1 is 1.08 bits per heavy atom. The number of nitrogens with one attached hydrogen (secondary N) is 4. The second-order valence-corrected chi connectivity index (χ2v) is 8.68. The van der Waals surface area contributed by atoms with Crippen LogP contribution in [-0.2, 0) is 19.2 Å². The third kappa shape index (κ3) is 8.74. The summed E-state index contributed by atoms with van der Waals surface area (Å²) in [6.07, 6.45) is 1.73. The normalized spacial score (nSPS) is 20.8. The number of carboxylic acid groups (broad SMARTS) is 1. The summed E-state index contributed by atoms with van der Waals surface area (Å²) in [6.45, 7) is 2.03. The van der Waals surface area contributed by atoms with Crippen LogP contribution in [-0.4, -0.2) is 64.3 Å². The first kappa shape index (κ1) is 29.0. The number of anilines is 1. The lowest BCUT2D eigenvalue weighted by Crippen LogP contribution is -2.56. The standard InChI is InChI=1S/C23H32N6O8/c1-2-3-4-5-17-22(34)26-16(20(24)32)10-11-25-15-7-6-13(29(36)37)12-14(15)21(33)27-18(23(35)28-17)8-9-19(30)31/h6-7,12,16-18,25H,2-5,8-11H2,1H3,(H2,24,32)(H,26,34)(H,27,33)(H,28,35)(H,30,31)/t16-,17-,18-/m0/s1. The van der Waals surface area contributed by atoms with Gasteiger partial charge in [0.1, 0.15) is 18.1 Å². The van der Waals surface area contributed by atoms with Gasteiger partial charge in [0.25, 0.3) is 11.6 Å². The molecular weight excluding hydrogens is 488 g/mol. The predicted molar refractivity (Wildman–Crippen MR) is 132 cm³/mol. The predicted octanol–water partition coefficient (Wildman–Crippen LogP) is 0.409. The van der Waals surface area contributed by atoms with Crippen molar-refractivity contribution in [1.82, 2.24) is 16.0 Å². The molecule has 0 radical (unpaired) electrons. The molecule has 0 unspecified atom stereocenters. The highest BCUT2D eigenvalue weighted by Gasteiger charge is 2.30. The summed E-state index contributed by atoms with van der Waals surface area (Å²) in [4.78, 5) is 73.0. The van der Waals surface area contributed by atoms with Gasteiger partial charge < -0.3 is 32.1 Å². The number of carbonyl (C=O) groups excluding carboxylic acids is 4. The highest BCUT2D eigenvalue weighted by atomic mass is 16.6. The van der Waals surface area contributed by atoms with Gasteiger partial charge in [0.2, 0.25) is 17.7 Å². The fraction of sp³-hybridized carbons (Fsp3) is 0.522. The number of nitro benzene ring substituents is 1. The molecule has 3 atom stereocenters. The number of non-ortho nitro benzene ring substituents is 1. The summed E-state index contributed by atoms with van der Waals surface area (Å²) in [5.41, 5.74) is 5.10. The van der Waals surface area contributed by atoms with Crippen LogP contribution in [0.15, 0.2) is 18.2 Å². The van der Waals surface area contributed by atoms with E-state index in [-0.39, 0.29) is 42.7 Å². The molecular formula is C23H32N6O8. The maximum atomic E-state index is 13.1. The van der Waals surface area contributed by atoms with E-state index < -0.39 is 59.1 Å². The number of fused-ring (bicyclic) bond motifs is 1. The van der Waals surface area contributed by atoms with Gasteiger partial charge in [0, 0.05) is 30.8 Å². The van der Waals surface area contributed by atoms with Crippen molar-refractivity contribution in [3.63, 3.8) is 0 Å². The Hall–Kier alpha value is -4.23. The molecule has 0 aromatic heterocycles. The first-order chi connectivity index (χ1) is 17.5. The number of nitro groups is 1. The number of rotatable bonds is 9. The lowest BCUT2D eigenvalue weighted by molar-refractivity contribution is -0.384. The molecule has 1 aromatic rings. The molecule has 1 aliphatic heterocycles. The number of unbranched alkanes of at least 4 members (excludes halogenated alkanes) is 2. The maximum Gasteiger partial charge on any atom is 0.303 e. The molecule has 0 fully saturated rings. The molecule has 202 valence electrons. The summed E-state index contributed by atoms with van der Waals surface area (Å²) in [7, 11) is 0. The Morgan fingerprint density at radius 2 is 1.76 bits per heavy atom. The van der Waals surface area contributed by atoms with Crippen LogP contribution in [0.25, 0.3) is 0 Å². The van der Waals surface area contributed by atoms with Gasteiger partial charge in [-0.1, -0.05) is 26.2 Å². The summed E-state index contributed by atoms with van der Waals surface area (Å²) in [6, 6.07) is -0.0118. The molecule has 4 amide bonds. The van der Waals surface area contributed by atoms with Crippen molar-refractivity contribution in [1.29, 1.82) is 0 Å². The molecule has 7 N–H and O–H groups in total. The Morgan fingerprint density at radius 3 is 2.38 bits per heavy atom. The van der Waals surface area contributed by atoms with Gasteiger partial charge >= 0.3 is 5.97 Å². The van der Waals surface area contributed by atoms with Gasteiger partial charge in [0.15, 0.2) is 0 Å². The smallest absolute Gasteiger partial charge is 0.303 e. The highest BCUT2D eigenvalue weighted by Crippen LogP contribution is 2.23. The number of carbonyl (C=O) groups is 5. The number of carboxylic acids is 1. The molecule has 0 aliphatic carbocycles. The van der Waals surface area contributed by atoms with Gasteiger partial charge in [-0.15, -0.1) is 0 Å². The average Bonchev–Trinajstić information content (AvgIpc) is 2.84. The molecule has 37 heavy (non-hydrogen) atoms. The minimum atomic E-state index is -1.35. The van der Waals surface area contributed by atoms with Gasteiger partial charge in [-0.2, -0.15) is 0 Å². The van der Waals surface area contributed by atoms with Gasteiger partial charge in [-0.3, -0.25) is 34.1 Å². The van der Waals surface area contributed by atoms with E-state index in [1.54, 1.807) is 0 Å². The first-order valence-corrected chi connectivity index (χ1v) is 12.0. The Balaban J connectivity index is 2.48. The van der Waals surface area contributed by atoms with Crippen molar-refractivity contribution in [3.05, 3.63) is 33.9 Å². The third-order valence-corrected chi connectivity index (χ3v) is 5.87. The topological polar surface area (TPSA) is 223 Å². The van der Waals surface area contributed by atoms with Crippen LogP contribution >= 0.6 is 0 Å². The summed E-state index contributed by atoms with van der Waals surface area (Å²) in [5.74, 6) is -4.31. The van der Waals surface area contributed by atoms with Crippen LogP contribution in [0.3, 0.4) is 0 Å². The summed E-state index contributed by atoms with van der Waals surface area (Å²) >= 11 is 0. The third-order valence-electron chi connectivity index (χ3n) is 5.87. The van der Waals surface area contributed by atoms with Crippen molar-refractivity contribution in [2.24, 2.45) is 5.73 Å². The number of benzene rings is 1. The van der Waals surface area contributed by atoms with Crippen LogP contribution in [0.1, 0.15) is 62.2 Å². The van der Waals surface area contributed by atoms with E-state index in [1.807, 2.05) is 6.92 Å². The van der Waals surface area contributed by atoms with Crippen LogP contribution < -0.4 is 27.0 Å². The van der Waals surface area contributed by atoms with Crippen molar-refractivity contribution in [3.8, 4) is 0 Å². The largest absolute Gasteiger partial charge is 0.481 e. The van der Waals surface area contributed by atoms with E-state index in [4.69, 9.17) is 10.8 Å². The Bertz CT molecular complexity index is 1050. The van der Waals surface area contributed by atoms with Gasteiger partial charge in [-0.25, -0.2) is 0 Å². The number of aliphatic carboxylic acids is 1. The lowest BCUT2D eigenvalue weighted by Gasteiger charge is -2.26. The molecule has 2 rings (SSSR count). The molecule has 1 aromatic carbocycles. The SMILES string of the molecule is CCCCC[C@@H]1NC(=O)[C@H](CCC(=O)O)NC(=O)c2cc([N+](=O)[O-])ccc2NCC[C@@H](C(N)=O)NC1=O. The number of hydrogen-bond acceptors (Lipinski definition) is 8. The fourth-order valence-electron chi connectivity index (χ4n) is 3.81. The van der Waals surface area contributed by atoms with E-state index in [0.717, 1.165) is 18.9 Å². The second kappa shape index (κ2) is 13.8. The van der Waals surface area contributed by atoms with Crippen molar-refractivity contribution >= 4 is 41.0 Å². The number of nitrogens with two attached hydrogens (primary N) is 1. The van der Waals surface area contributed by atoms with Crippen LogP contribution in [0.2, 0.25) is 0 Å². The zero-order valence-electron chi connectivity index (χ0n) is 20.5.